The van der Waals surface area contributed by atoms with Crippen molar-refractivity contribution in [3.05, 3.63) is 47.7 Å². The fourth-order valence-electron chi connectivity index (χ4n) is 6.84. The van der Waals surface area contributed by atoms with E-state index in [1.165, 1.54) is 41.5 Å². The maximum atomic E-state index is 6.21. The highest BCUT2D eigenvalue weighted by molar-refractivity contribution is 5.91. The third-order valence-corrected chi connectivity index (χ3v) is 7.94. The Labute approximate surface area is 168 Å². The Balaban J connectivity index is 1.43. The van der Waals surface area contributed by atoms with E-state index in [1.54, 1.807) is 0 Å². The molecule has 2 bridgehead atoms. The number of rotatable bonds is 1. The van der Waals surface area contributed by atoms with Crippen LogP contribution in [0.5, 0.6) is 0 Å². The van der Waals surface area contributed by atoms with Gasteiger partial charge < -0.3 is 11.1 Å². The van der Waals surface area contributed by atoms with Crippen LogP contribution in [0.1, 0.15) is 42.3 Å². The molecule has 29 heavy (non-hydrogen) atoms. The monoisotopic (exact) mass is 384 g/mol. The van der Waals surface area contributed by atoms with Crippen molar-refractivity contribution in [3.63, 3.8) is 0 Å². The minimum absolute atomic E-state index is 0.316. The summed E-state index contributed by atoms with van der Waals surface area (Å²) < 4.78 is 1.87. The highest BCUT2D eigenvalue weighted by Gasteiger charge is 2.54. The number of hydrogen-bond donors (Lipinski definition) is 3. The molecule has 4 N–H and O–H groups in total. The Hall–Kier alpha value is -3.02. The number of nitrogen functional groups attached to an aromatic ring is 1. The molecule has 5 atom stereocenters. The van der Waals surface area contributed by atoms with Crippen molar-refractivity contribution < 1.29 is 0 Å². The predicted molar refractivity (Wildman–Crippen MR) is 115 cm³/mol. The fraction of sp³-hybridized carbons (Fsp3) is 0.391. The molecule has 7 rings (SSSR count). The summed E-state index contributed by atoms with van der Waals surface area (Å²) >= 11 is 0. The molecule has 2 aromatic carbocycles. The summed E-state index contributed by atoms with van der Waals surface area (Å²) in [6, 6.07) is 11.4. The molecule has 6 heteroatoms. The van der Waals surface area contributed by atoms with Crippen LogP contribution in [-0.2, 0) is 7.05 Å². The number of aromatic nitrogens is 4. The van der Waals surface area contributed by atoms with Crippen molar-refractivity contribution in [1.82, 2.24) is 20.0 Å². The number of hydrogen-bond acceptors (Lipinski definition) is 4. The molecule has 2 saturated carbocycles. The molecule has 3 heterocycles. The number of anilines is 2. The first-order valence-corrected chi connectivity index (χ1v) is 10.6. The lowest BCUT2D eigenvalue weighted by molar-refractivity contribution is 0.249. The summed E-state index contributed by atoms with van der Waals surface area (Å²) in [5.74, 6) is 3.43. The first-order chi connectivity index (χ1) is 14.2. The van der Waals surface area contributed by atoms with Gasteiger partial charge in [-0.2, -0.15) is 10.2 Å². The molecule has 0 radical (unpaired) electrons. The molecule has 6 nitrogen and oxygen atoms in total. The molecular formula is C23H24N6. The van der Waals surface area contributed by atoms with Gasteiger partial charge in [0, 0.05) is 23.5 Å². The van der Waals surface area contributed by atoms with E-state index in [1.807, 2.05) is 17.9 Å². The molecule has 0 saturated heterocycles. The first-order valence-electron chi connectivity index (χ1n) is 10.6. The van der Waals surface area contributed by atoms with E-state index < -0.39 is 0 Å². The number of nitrogens with one attached hydrogen (secondary N) is 2. The van der Waals surface area contributed by atoms with E-state index in [9.17, 15) is 0 Å². The molecule has 0 amide bonds. The summed E-state index contributed by atoms with van der Waals surface area (Å²) in [5, 5.41) is 18.2. The average molecular weight is 384 g/mol. The molecule has 2 fully saturated rings. The van der Waals surface area contributed by atoms with Crippen molar-refractivity contribution in [2.75, 3.05) is 11.1 Å². The molecule has 4 aromatic rings. The van der Waals surface area contributed by atoms with Crippen LogP contribution in [0.2, 0.25) is 0 Å². The van der Waals surface area contributed by atoms with E-state index in [-0.39, 0.29) is 0 Å². The minimum atomic E-state index is 0.316. The van der Waals surface area contributed by atoms with Crippen LogP contribution in [0.3, 0.4) is 0 Å². The van der Waals surface area contributed by atoms with Gasteiger partial charge >= 0.3 is 0 Å². The molecule has 146 valence electrons. The summed E-state index contributed by atoms with van der Waals surface area (Å²) in [7, 11) is 1.95. The Bertz CT molecular complexity index is 1280. The largest absolute Gasteiger partial charge is 0.382 e. The standard InChI is InChI=1S/C23H24N6/c1-29-18-7-4-13(9-14(18)23(24)28-29)22-20-12-3-2-11(8-12)19(20)21-15-10-25-27-16(15)5-6-17(21)26-22/h4-7,9-12,19-20,22,26H,2-3,8H2,1H3,(H2,24,28)(H,25,27). The Morgan fingerprint density at radius 3 is 2.93 bits per heavy atom. The van der Waals surface area contributed by atoms with E-state index in [4.69, 9.17) is 5.73 Å². The Morgan fingerprint density at radius 2 is 2.00 bits per heavy atom. The number of nitrogens with two attached hydrogens (primary N) is 1. The van der Waals surface area contributed by atoms with Crippen LogP contribution in [0.25, 0.3) is 21.8 Å². The van der Waals surface area contributed by atoms with Gasteiger partial charge in [0.2, 0.25) is 0 Å². The Morgan fingerprint density at radius 1 is 1.10 bits per heavy atom. The highest BCUT2D eigenvalue weighted by Crippen LogP contribution is 2.64. The third kappa shape index (κ3) is 1.96. The number of H-pyrrole nitrogens is 1. The first kappa shape index (κ1) is 15.9. The zero-order chi connectivity index (χ0) is 19.3. The molecule has 2 aliphatic carbocycles. The van der Waals surface area contributed by atoms with Crippen LogP contribution >= 0.6 is 0 Å². The van der Waals surface area contributed by atoms with Crippen molar-refractivity contribution in [3.8, 4) is 0 Å². The normalized spacial score (nSPS) is 29.9. The topological polar surface area (TPSA) is 84.5 Å². The molecule has 2 aromatic heterocycles. The van der Waals surface area contributed by atoms with Gasteiger partial charge in [-0.1, -0.05) is 6.07 Å². The van der Waals surface area contributed by atoms with Crippen LogP contribution in [0, 0.1) is 17.8 Å². The van der Waals surface area contributed by atoms with Crippen molar-refractivity contribution in [2.45, 2.75) is 31.2 Å². The van der Waals surface area contributed by atoms with Crippen molar-refractivity contribution in [2.24, 2.45) is 24.8 Å². The summed E-state index contributed by atoms with van der Waals surface area (Å²) in [6.07, 6.45) is 6.10. The van der Waals surface area contributed by atoms with Crippen LogP contribution in [0.15, 0.2) is 36.5 Å². The Kier molecular flexibility index (Phi) is 2.91. The maximum Gasteiger partial charge on any atom is 0.153 e. The predicted octanol–water partition coefficient (Wildman–Crippen LogP) is 4.33. The number of aryl methyl sites for hydroxylation is 1. The number of fused-ring (bicyclic) bond motifs is 10. The van der Waals surface area contributed by atoms with Crippen LogP contribution in [-0.4, -0.2) is 20.0 Å². The lowest BCUT2D eigenvalue weighted by atomic mass is 9.67. The van der Waals surface area contributed by atoms with E-state index in [2.05, 4.69) is 50.9 Å². The fourth-order valence-corrected chi connectivity index (χ4v) is 6.84. The average Bonchev–Trinajstić information content (AvgIpc) is 3.51. The van der Waals surface area contributed by atoms with Crippen molar-refractivity contribution >= 4 is 33.3 Å². The lowest BCUT2D eigenvalue weighted by Crippen LogP contribution is -2.35. The quantitative estimate of drug-likeness (QED) is 0.456. The van der Waals surface area contributed by atoms with Gasteiger partial charge in [-0.15, -0.1) is 0 Å². The second-order valence-electron chi connectivity index (χ2n) is 9.20. The maximum absolute atomic E-state index is 6.21. The SMILES string of the molecule is Cn1nc(N)c2cc(C3Nc4ccc5[nH]ncc5c4C4C5CCC(C5)C34)ccc21. The summed E-state index contributed by atoms with van der Waals surface area (Å²) in [4.78, 5) is 0. The van der Waals surface area contributed by atoms with Gasteiger partial charge in [-0.25, -0.2) is 0 Å². The zero-order valence-electron chi connectivity index (χ0n) is 16.4. The third-order valence-electron chi connectivity index (χ3n) is 7.94. The molecule has 1 aliphatic heterocycles. The summed E-state index contributed by atoms with van der Waals surface area (Å²) in [6.45, 7) is 0. The second kappa shape index (κ2) is 5.32. The van der Waals surface area contributed by atoms with Gasteiger partial charge in [-0.05, 0) is 78.3 Å². The van der Waals surface area contributed by atoms with Crippen LogP contribution in [0.4, 0.5) is 11.5 Å². The molecule has 3 aliphatic rings. The lowest BCUT2D eigenvalue weighted by Gasteiger charge is -2.43. The van der Waals surface area contributed by atoms with Gasteiger partial charge in [0.25, 0.3) is 0 Å². The van der Waals surface area contributed by atoms with Gasteiger partial charge in [0.15, 0.2) is 5.82 Å². The van der Waals surface area contributed by atoms with E-state index >= 15 is 0 Å². The second-order valence-corrected chi connectivity index (χ2v) is 9.20. The number of benzene rings is 2. The van der Waals surface area contributed by atoms with E-state index in [0.717, 1.165) is 28.3 Å². The molecule has 5 unspecified atom stereocenters. The minimum Gasteiger partial charge on any atom is -0.382 e. The summed E-state index contributed by atoms with van der Waals surface area (Å²) in [5.41, 5.74) is 12.5. The molecular weight excluding hydrogens is 360 g/mol. The molecule has 0 spiro atoms. The number of nitrogens with zero attached hydrogens (tertiary/aromatic N) is 3. The van der Waals surface area contributed by atoms with Crippen molar-refractivity contribution in [1.29, 1.82) is 0 Å². The number of aromatic amines is 1. The van der Waals surface area contributed by atoms with Gasteiger partial charge in [0.1, 0.15) is 0 Å². The highest BCUT2D eigenvalue weighted by atomic mass is 15.3. The zero-order valence-corrected chi connectivity index (χ0v) is 16.4. The van der Waals surface area contributed by atoms with E-state index in [0.29, 0.717) is 23.7 Å². The van der Waals surface area contributed by atoms with Gasteiger partial charge in [-0.3, -0.25) is 9.78 Å². The van der Waals surface area contributed by atoms with Crippen LogP contribution < -0.4 is 11.1 Å². The smallest absolute Gasteiger partial charge is 0.153 e. The van der Waals surface area contributed by atoms with Gasteiger partial charge in [0.05, 0.1) is 23.3 Å².